The lowest BCUT2D eigenvalue weighted by Gasteiger charge is -2.30. The molecule has 0 bridgehead atoms. The van der Waals surface area contributed by atoms with E-state index in [2.05, 4.69) is 13.8 Å². The van der Waals surface area contributed by atoms with E-state index in [1.807, 2.05) is 20.8 Å². The third-order valence-electron chi connectivity index (χ3n) is 3.58. The molecule has 1 aliphatic heterocycles. The van der Waals surface area contributed by atoms with Gasteiger partial charge in [0.1, 0.15) is 11.6 Å². The summed E-state index contributed by atoms with van der Waals surface area (Å²) < 4.78 is 5.36. The highest BCUT2D eigenvalue weighted by Gasteiger charge is 2.34. The van der Waals surface area contributed by atoms with E-state index >= 15 is 0 Å². The highest BCUT2D eigenvalue weighted by Crippen LogP contribution is 2.31. The van der Waals surface area contributed by atoms with Gasteiger partial charge >= 0.3 is 5.97 Å². The fourth-order valence-corrected chi connectivity index (χ4v) is 2.19. The normalized spacial score (nSPS) is 21.8. The third-order valence-corrected chi connectivity index (χ3v) is 3.58. The summed E-state index contributed by atoms with van der Waals surface area (Å²) in [6.07, 6.45) is 2.31. The molecule has 0 spiro atoms. The highest BCUT2D eigenvalue weighted by molar-refractivity contribution is 5.84. The van der Waals surface area contributed by atoms with Crippen molar-refractivity contribution in [3.63, 3.8) is 0 Å². The number of ether oxygens (including phenoxy) is 1. The van der Waals surface area contributed by atoms with Gasteiger partial charge in [-0.05, 0) is 46.0 Å². The first-order chi connectivity index (χ1) is 8.52. The topological polar surface area (TPSA) is 46.6 Å². The fourth-order valence-electron chi connectivity index (χ4n) is 2.19. The van der Waals surface area contributed by atoms with Crippen molar-refractivity contribution in [2.45, 2.75) is 72.4 Å². The molecule has 4 nitrogen and oxygen atoms in total. The van der Waals surface area contributed by atoms with Crippen LogP contribution in [0.15, 0.2) is 0 Å². The van der Waals surface area contributed by atoms with Crippen LogP contribution in [-0.4, -0.2) is 35.0 Å². The Morgan fingerprint density at radius 2 is 1.89 bits per heavy atom. The van der Waals surface area contributed by atoms with Crippen molar-refractivity contribution < 1.29 is 14.3 Å². The Morgan fingerprint density at radius 3 is 2.42 bits per heavy atom. The van der Waals surface area contributed by atoms with E-state index in [-0.39, 0.29) is 17.3 Å². The maximum atomic E-state index is 12.1. The predicted octanol–water partition coefficient (Wildman–Crippen LogP) is 2.76. The summed E-state index contributed by atoms with van der Waals surface area (Å²) in [6, 6.07) is -0.499. The maximum Gasteiger partial charge on any atom is 0.329 e. The number of hydrogen-bond acceptors (Lipinski definition) is 3. The van der Waals surface area contributed by atoms with Crippen molar-refractivity contribution in [3.8, 4) is 0 Å². The Hall–Kier alpha value is -1.06. The minimum Gasteiger partial charge on any atom is -0.458 e. The van der Waals surface area contributed by atoms with Gasteiger partial charge in [-0.1, -0.05) is 13.8 Å². The maximum absolute atomic E-state index is 12.1. The zero-order chi connectivity index (χ0) is 14.8. The molecule has 1 atom stereocenters. The molecule has 1 aliphatic rings. The van der Waals surface area contributed by atoms with Crippen molar-refractivity contribution in [2.24, 2.45) is 5.41 Å². The molecule has 1 amide bonds. The van der Waals surface area contributed by atoms with Crippen LogP contribution in [-0.2, 0) is 14.3 Å². The molecule has 0 aromatic heterocycles. The zero-order valence-corrected chi connectivity index (χ0v) is 13.1. The summed E-state index contributed by atoms with van der Waals surface area (Å²) in [5, 5.41) is 0. The molecule has 0 aromatic carbocycles. The molecule has 1 fully saturated rings. The third kappa shape index (κ3) is 4.84. The van der Waals surface area contributed by atoms with Crippen molar-refractivity contribution in [3.05, 3.63) is 0 Å². The van der Waals surface area contributed by atoms with E-state index in [0.29, 0.717) is 13.0 Å². The summed E-state index contributed by atoms with van der Waals surface area (Å²) in [5.41, 5.74) is -0.350. The van der Waals surface area contributed by atoms with Crippen LogP contribution in [0.2, 0.25) is 0 Å². The lowest BCUT2D eigenvalue weighted by Crippen LogP contribution is -2.45. The van der Waals surface area contributed by atoms with E-state index in [1.165, 1.54) is 0 Å². The average Bonchev–Trinajstić information content (AvgIpc) is 2.35. The zero-order valence-electron chi connectivity index (χ0n) is 13.1. The first-order valence-corrected chi connectivity index (χ1v) is 7.04. The van der Waals surface area contributed by atoms with Crippen LogP contribution in [0.25, 0.3) is 0 Å². The van der Waals surface area contributed by atoms with E-state index in [1.54, 1.807) is 11.8 Å². The number of amides is 1. The number of carbonyl (C=O) groups excluding carboxylic acids is 2. The molecule has 0 aromatic rings. The predicted molar refractivity (Wildman–Crippen MR) is 74.7 cm³/mol. The van der Waals surface area contributed by atoms with Gasteiger partial charge in [0, 0.05) is 13.0 Å². The van der Waals surface area contributed by atoms with Gasteiger partial charge in [0.15, 0.2) is 0 Å². The highest BCUT2D eigenvalue weighted by atomic mass is 16.6. The molecule has 1 unspecified atom stereocenters. The number of nitrogens with zero attached hydrogens (tertiary/aromatic N) is 1. The van der Waals surface area contributed by atoms with Crippen LogP contribution < -0.4 is 0 Å². The second-order valence-electron chi connectivity index (χ2n) is 7.21. The molecule has 1 rings (SSSR count). The van der Waals surface area contributed by atoms with Gasteiger partial charge in [-0.3, -0.25) is 4.79 Å². The average molecular weight is 269 g/mol. The Bertz CT molecular complexity index is 355. The standard InChI is InChI=1S/C15H27NO3/c1-11(13(18)19-14(2,3)4)16-10-9-15(5,6)8-7-12(16)17/h11H,7-10H2,1-6H3. The Balaban J connectivity index is 2.72. The molecule has 0 N–H and O–H groups in total. The van der Waals surface area contributed by atoms with Crippen molar-refractivity contribution >= 4 is 11.9 Å². The van der Waals surface area contributed by atoms with Gasteiger partial charge in [-0.15, -0.1) is 0 Å². The van der Waals surface area contributed by atoms with Gasteiger partial charge in [-0.25, -0.2) is 4.79 Å². The smallest absolute Gasteiger partial charge is 0.329 e. The van der Waals surface area contributed by atoms with E-state index in [4.69, 9.17) is 4.74 Å². The summed E-state index contributed by atoms with van der Waals surface area (Å²) in [6.45, 7) is 12.2. The summed E-state index contributed by atoms with van der Waals surface area (Å²) in [4.78, 5) is 25.9. The molecule has 19 heavy (non-hydrogen) atoms. The number of carbonyl (C=O) groups is 2. The van der Waals surface area contributed by atoms with Gasteiger partial charge in [0.25, 0.3) is 0 Å². The van der Waals surface area contributed by atoms with E-state index in [9.17, 15) is 9.59 Å². The molecular weight excluding hydrogens is 242 g/mol. The van der Waals surface area contributed by atoms with Crippen LogP contribution in [0.4, 0.5) is 0 Å². The molecular formula is C15H27NO3. The quantitative estimate of drug-likeness (QED) is 0.724. The number of hydrogen-bond donors (Lipinski definition) is 0. The molecule has 1 heterocycles. The fraction of sp³-hybridized carbons (Fsp3) is 0.867. The van der Waals surface area contributed by atoms with Crippen molar-refractivity contribution in [2.75, 3.05) is 6.54 Å². The van der Waals surface area contributed by atoms with E-state index in [0.717, 1.165) is 12.8 Å². The summed E-state index contributed by atoms with van der Waals surface area (Å²) >= 11 is 0. The Labute approximate surface area is 116 Å². The molecule has 110 valence electrons. The SMILES string of the molecule is CC(C(=O)OC(C)(C)C)N1CCC(C)(C)CCC1=O. The second-order valence-corrected chi connectivity index (χ2v) is 7.21. The molecule has 0 aliphatic carbocycles. The van der Waals surface area contributed by atoms with Gasteiger partial charge < -0.3 is 9.64 Å². The van der Waals surface area contributed by atoms with Gasteiger partial charge in [-0.2, -0.15) is 0 Å². The number of esters is 1. The van der Waals surface area contributed by atoms with Crippen molar-refractivity contribution in [1.29, 1.82) is 0 Å². The lowest BCUT2D eigenvalue weighted by molar-refractivity contribution is -0.164. The molecule has 4 heteroatoms. The minimum atomic E-state index is -0.514. The summed E-state index contributed by atoms with van der Waals surface area (Å²) in [5.74, 6) is -0.260. The van der Waals surface area contributed by atoms with Crippen LogP contribution in [0.1, 0.15) is 60.8 Å². The van der Waals surface area contributed by atoms with Crippen LogP contribution in [0, 0.1) is 5.41 Å². The first kappa shape index (κ1) is 16.0. The van der Waals surface area contributed by atoms with E-state index < -0.39 is 11.6 Å². The van der Waals surface area contributed by atoms with Gasteiger partial charge in [0.2, 0.25) is 5.91 Å². The second kappa shape index (κ2) is 5.51. The Morgan fingerprint density at radius 1 is 1.32 bits per heavy atom. The molecule has 0 saturated carbocycles. The number of rotatable bonds is 2. The van der Waals surface area contributed by atoms with Crippen LogP contribution in [0.5, 0.6) is 0 Å². The molecule has 1 saturated heterocycles. The van der Waals surface area contributed by atoms with Crippen LogP contribution >= 0.6 is 0 Å². The minimum absolute atomic E-state index is 0.0592. The lowest BCUT2D eigenvalue weighted by atomic mass is 9.85. The summed E-state index contributed by atoms with van der Waals surface area (Å²) in [7, 11) is 0. The van der Waals surface area contributed by atoms with Gasteiger partial charge in [0.05, 0.1) is 0 Å². The first-order valence-electron chi connectivity index (χ1n) is 7.04. The Kier molecular flexibility index (Phi) is 4.64. The monoisotopic (exact) mass is 269 g/mol. The largest absolute Gasteiger partial charge is 0.458 e. The van der Waals surface area contributed by atoms with Crippen molar-refractivity contribution in [1.82, 2.24) is 4.90 Å². The number of likely N-dealkylation sites (tertiary alicyclic amines) is 1. The van der Waals surface area contributed by atoms with Crippen LogP contribution in [0.3, 0.4) is 0 Å². The molecule has 0 radical (unpaired) electrons.